The van der Waals surface area contributed by atoms with Crippen molar-refractivity contribution in [2.24, 2.45) is 0 Å². The lowest BCUT2D eigenvalue weighted by Gasteiger charge is -2.20. The Kier molecular flexibility index (Phi) is 2.36. The molecule has 17 heavy (non-hydrogen) atoms. The Bertz CT molecular complexity index is 616. The first kappa shape index (κ1) is 10.7. The average Bonchev–Trinajstić information content (AvgIpc) is 2.28. The minimum Gasteiger partial charge on any atom is -0.472 e. The Labute approximate surface area is 104 Å². The van der Waals surface area contributed by atoms with Gasteiger partial charge in [-0.1, -0.05) is 15.9 Å². The van der Waals surface area contributed by atoms with Gasteiger partial charge in [-0.05, 0) is 24.3 Å². The van der Waals surface area contributed by atoms with Crippen molar-refractivity contribution in [2.75, 3.05) is 0 Å². The lowest BCUT2D eigenvalue weighted by atomic mass is 9.98. The van der Waals surface area contributed by atoms with Crippen LogP contribution in [0.5, 0.6) is 5.88 Å². The van der Waals surface area contributed by atoms with E-state index in [1.54, 1.807) is 6.07 Å². The first-order chi connectivity index (χ1) is 8.15. The number of pyridine rings is 1. The molecule has 1 aliphatic heterocycles. The summed E-state index contributed by atoms with van der Waals surface area (Å²) in [6.07, 6.45) is 0. The van der Waals surface area contributed by atoms with Gasteiger partial charge in [0.15, 0.2) is 0 Å². The zero-order valence-corrected chi connectivity index (χ0v) is 10.1. The van der Waals surface area contributed by atoms with Gasteiger partial charge >= 0.3 is 0 Å². The summed E-state index contributed by atoms with van der Waals surface area (Å²) in [6.45, 7) is 0.190. The van der Waals surface area contributed by atoms with E-state index < -0.39 is 5.95 Å². The highest BCUT2D eigenvalue weighted by Gasteiger charge is 2.22. The minimum atomic E-state index is -0.635. The topological polar surface area (TPSA) is 22.1 Å². The second kappa shape index (κ2) is 3.77. The summed E-state index contributed by atoms with van der Waals surface area (Å²) in [6, 6.07) is 5.83. The van der Waals surface area contributed by atoms with Gasteiger partial charge in [0.1, 0.15) is 12.4 Å². The van der Waals surface area contributed by atoms with Gasteiger partial charge in [-0.2, -0.15) is 9.37 Å². The van der Waals surface area contributed by atoms with Crippen LogP contribution in [0.25, 0.3) is 11.1 Å². The Morgan fingerprint density at radius 3 is 2.88 bits per heavy atom. The molecule has 0 saturated heterocycles. The molecule has 86 valence electrons. The molecule has 1 aromatic heterocycles. The van der Waals surface area contributed by atoms with Crippen molar-refractivity contribution in [3.05, 3.63) is 46.1 Å². The van der Waals surface area contributed by atoms with Crippen LogP contribution < -0.4 is 4.74 Å². The molecule has 3 rings (SSSR count). The maximum atomic E-state index is 13.9. The van der Waals surface area contributed by atoms with Crippen molar-refractivity contribution in [1.29, 1.82) is 0 Å². The van der Waals surface area contributed by atoms with Crippen LogP contribution in [0.15, 0.2) is 28.7 Å². The Hall–Kier alpha value is -1.49. The van der Waals surface area contributed by atoms with Crippen molar-refractivity contribution in [2.45, 2.75) is 6.61 Å². The smallest absolute Gasteiger partial charge is 0.224 e. The molecule has 5 heteroatoms. The summed E-state index contributed by atoms with van der Waals surface area (Å²) in [7, 11) is 0. The number of fused-ring (bicyclic) bond motifs is 3. The summed E-state index contributed by atoms with van der Waals surface area (Å²) in [5.74, 6) is -0.865. The Balaban J connectivity index is 2.29. The molecular weight excluding hydrogens is 292 g/mol. The van der Waals surface area contributed by atoms with Crippen LogP contribution in [0.3, 0.4) is 0 Å². The van der Waals surface area contributed by atoms with Crippen LogP contribution in [-0.2, 0) is 6.61 Å². The average molecular weight is 298 g/mol. The summed E-state index contributed by atoms with van der Waals surface area (Å²) >= 11 is 3.22. The number of nitrogens with zero attached hydrogens (tertiary/aromatic N) is 1. The van der Waals surface area contributed by atoms with E-state index in [2.05, 4.69) is 20.9 Å². The number of ether oxygens (including phenoxy) is 1. The van der Waals surface area contributed by atoms with Gasteiger partial charge in [0.05, 0.1) is 0 Å². The summed E-state index contributed by atoms with van der Waals surface area (Å²) in [4.78, 5) is 3.61. The monoisotopic (exact) mass is 297 g/mol. The molecule has 1 aromatic carbocycles. The fourth-order valence-electron chi connectivity index (χ4n) is 1.91. The maximum Gasteiger partial charge on any atom is 0.224 e. The molecule has 0 saturated carbocycles. The van der Waals surface area contributed by atoms with E-state index in [0.29, 0.717) is 15.6 Å². The van der Waals surface area contributed by atoms with E-state index in [0.717, 1.165) is 5.56 Å². The summed E-state index contributed by atoms with van der Waals surface area (Å²) in [5, 5.41) is 0. The SMILES string of the molecule is Fc1ccc2c(n1)OCc1cc(Br)cc(F)c1-2. The third-order valence-corrected chi connectivity index (χ3v) is 3.05. The van der Waals surface area contributed by atoms with Crippen LogP contribution in [0.1, 0.15) is 5.56 Å². The van der Waals surface area contributed by atoms with Gasteiger partial charge in [-0.25, -0.2) is 4.39 Å². The predicted octanol–water partition coefficient (Wildman–Crippen LogP) is 3.68. The zero-order chi connectivity index (χ0) is 12.0. The lowest BCUT2D eigenvalue weighted by molar-refractivity contribution is 0.284. The first-order valence-corrected chi connectivity index (χ1v) is 5.72. The fraction of sp³-hybridized carbons (Fsp3) is 0.0833. The fourth-order valence-corrected chi connectivity index (χ4v) is 2.38. The van der Waals surface area contributed by atoms with Crippen molar-refractivity contribution < 1.29 is 13.5 Å². The van der Waals surface area contributed by atoms with Gasteiger partial charge in [-0.3, -0.25) is 0 Å². The van der Waals surface area contributed by atoms with Crippen LogP contribution in [0.4, 0.5) is 8.78 Å². The van der Waals surface area contributed by atoms with E-state index >= 15 is 0 Å². The van der Waals surface area contributed by atoms with Crippen LogP contribution in [0.2, 0.25) is 0 Å². The highest BCUT2D eigenvalue weighted by atomic mass is 79.9. The molecule has 0 fully saturated rings. The van der Waals surface area contributed by atoms with Crippen molar-refractivity contribution >= 4 is 15.9 Å². The van der Waals surface area contributed by atoms with Gasteiger partial charge in [0.2, 0.25) is 11.8 Å². The maximum absolute atomic E-state index is 13.9. The number of halogens is 3. The normalized spacial score (nSPS) is 12.6. The molecule has 0 spiro atoms. The Morgan fingerprint density at radius 2 is 2.06 bits per heavy atom. The highest BCUT2D eigenvalue weighted by Crippen LogP contribution is 2.39. The molecule has 0 bridgehead atoms. The molecule has 2 aromatic rings. The largest absolute Gasteiger partial charge is 0.472 e. The standard InChI is InChI=1S/C12H6BrF2NO/c13-7-3-6-5-17-12-8(1-2-10(15)16-12)11(6)9(14)4-7/h1-4H,5H2. The molecule has 0 aliphatic carbocycles. The molecule has 1 aliphatic rings. The van der Waals surface area contributed by atoms with Gasteiger partial charge in [0, 0.05) is 21.2 Å². The second-order valence-corrected chi connectivity index (χ2v) is 4.61. The molecule has 0 amide bonds. The van der Waals surface area contributed by atoms with Crippen LogP contribution in [-0.4, -0.2) is 4.98 Å². The van der Waals surface area contributed by atoms with Crippen molar-refractivity contribution in [1.82, 2.24) is 4.98 Å². The minimum absolute atomic E-state index is 0.138. The van der Waals surface area contributed by atoms with Crippen molar-refractivity contribution in [3.8, 4) is 17.0 Å². The van der Waals surface area contributed by atoms with E-state index in [1.165, 1.54) is 18.2 Å². The van der Waals surface area contributed by atoms with E-state index in [-0.39, 0.29) is 18.3 Å². The first-order valence-electron chi connectivity index (χ1n) is 4.93. The zero-order valence-electron chi connectivity index (χ0n) is 8.51. The molecule has 2 nitrogen and oxygen atoms in total. The third kappa shape index (κ3) is 1.70. The summed E-state index contributed by atoms with van der Waals surface area (Å²) < 4.78 is 32.8. The highest BCUT2D eigenvalue weighted by molar-refractivity contribution is 9.10. The number of hydrogen-bond donors (Lipinski definition) is 0. The van der Waals surface area contributed by atoms with Gasteiger partial charge in [0.25, 0.3) is 0 Å². The Morgan fingerprint density at radius 1 is 1.24 bits per heavy atom. The quantitative estimate of drug-likeness (QED) is 0.692. The van der Waals surface area contributed by atoms with E-state index in [4.69, 9.17) is 4.74 Å². The van der Waals surface area contributed by atoms with E-state index in [9.17, 15) is 8.78 Å². The summed E-state index contributed by atoms with van der Waals surface area (Å²) in [5.41, 5.74) is 1.64. The second-order valence-electron chi connectivity index (χ2n) is 3.70. The predicted molar refractivity (Wildman–Crippen MR) is 61.6 cm³/mol. The lowest BCUT2D eigenvalue weighted by Crippen LogP contribution is -2.09. The molecule has 0 unspecified atom stereocenters. The van der Waals surface area contributed by atoms with Crippen LogP contribution >= 0.6 is 15.9 Å². The van der Waals surface area contributed by atoms with Crippen molar-refractivity contribution in [3.63, 3.8) is 0 Å². The number of benzene rings is 1. The molecule has 0 atom stereocenters. The number of hydrogen-bond acceptors (Lipinski definition) is 2. The third-order valence-electron chi connectivity index (χ3n) is 2.60. The molecule has 0 radical (unpaired) electrons. The van der Waals surface area contributed by atoms with Gasteiger partial charge < -0.3 is 4.74 Å². The van der Waals surface area contributed by atoms with Crippen LogP contribution in [0, 0.1) is 11.8 Å². The van der Waals surface area contributed by atoms with E-state index in [1.807, 2.05) is 0 Å². The molecule has 2 heterocycles. The molecule has 0 N–H and O–H groups in total. The molecular formula is C12H6BrF2NO. The van der Waals surface area contributed by atoms with Gasteiger partial charge in [-0.15, -0.1) is 0 Å². The number of aromatic nitrogens is 1. The number of rotatable bonds is 0.